The molecule has 96 valence electrons. The van der Waals surface area contributed by atoms with Crippen LogP contribution in [0.2, 0.25) is 0 Å². The number of carbonyl (C=O) groups is 1. The van der Waals surface area contributed by atoms with E-state index < -0.39 is 0 Å². The summed E-state index contributed by atoms with van der Waals surface area (Å²) in [5, 5.41) is 3.07. The van der Waals surface area contributed by atoms with Crippen LogP contribution >= 0.6 is 15.9 Å². The van der Waals surface area contributed by atoms with E-state index in [9.17, 15) is 4.79 Å². The van der Waals surface area contributed by atoms with Crippen LogP contribution in [0, 0.1) is 5.92 Å². The summed E-state index contributed by atoms with van der Waals surface area (Å²) in [5.74, 6) is 0.542. The molecule has 0 fully saturated rings. The molecule has 1 N–H and O–H groups in total. The average molecular weight is 301 g/mol. The Morgan fingerprint density at radius 2 is 2.06 bits per heavy atom. The van der Waals surface area contributed by atoms with E-state index in [0.29, 0.717) is 11.6 Å². The molecule has 0 aliphatic carbocycles. The van der Waals surface area contributed by atoms with Crippen molar-refractivity contribution in [1.29, 1.82) is 0 Å². The smallest absolute Gasteiger partial charge is 0.268 e. The fourth-order valence-corrected chi connectivity index (χ4v) is 2.67. The zero-order chi connectivity index (χ0) is 13.0. The number of nitrogens with zero attached hydrogens (tertiary/aromatic N) is 1. The second kappa shape index (κ2) is 6.24. The summed E-state index contributed by atoms with van der Waals surface area (Å²) >= 11 is 3.37. The first-order valence-electron chi connectivity index (χ1n) is 6.12. The van der Waals surface area contributed by atoms with Gasteiger partial charge in [-0.15, -0.1) is 0 Å². The van der Waals surface area contributed by atoms with Gasteiger partial charge in [0.25, 0.3) is 5.91 Å². The van der Waals surface area contributed by atoms with Crippen LogP contribution in [0.5, 0.6) is 0 Å². The van der Waals surface area contributed by atoms with Gasteiger partial charge in [0.05, 0.1) is 0 Å². The lowest BCUT2D eigenvalue weighted by Gasteiger charge is -2.22. The molecule has 1 heterocycles. The Balaban J connectivity index is 2.69. The quantitative estimate of drug-likeness (QED) is 0.889. The second-order valence-corrected chi connectivity index (χ2v) is 5.41. The maximum atomic E-state index is 12.1. The third kappa shape index (κ3) is 3.60. The van der Waals surface area contributed by atoms with Gasteiger partial charge in [-0.2, -0.15) is 0 Å². The number of nitrogens with one attached hydrogen (secondary N) is 1. The van der Waals surface area contributed by atoms with Gasteiger partial charge in [0.15, 0.2) is 0 Å². The van der Waals surface area contributed by atoms with Crippen molar-refractivity contribution in [3.8, 4) is 0 Å². The minimum Gasteiger partial charge on any atom is -0.348 e. The highest BCUT2D eigenvalue weighted by Gasteiger charge is 2.18. The fourth-order valence-electron chi connectivity index (χ4n) is 2.14. The second-order valence-electron chi connectivity index (χ2n) is 4.49. The van der Waals surface area contributed by atoms with Gasteiger partial charge >= 0.3 is 0 Å². The van der Waals surface area contributed by atoms with Crippen LogP contribution in [0.4, 0.5) is 0 Å². The Labute approximate surface area is 112 Å². The van der Waals surface area contributed by atoms with Crippen molar-refractivity contribution in [1.82, 2.24) is 9.88 Å². The first-order valence-corrected chi connectivity index (χ1v) is 6.91. The zero-order valence-corrected chi connectivity index (χ0v) is 12.5. The molecule has 17 heavy (non-hydrogen) atoms. The Morgan fingerprint density at radius 3 is 2.47 bits per heavy atom. The van der Waals surface area contributed by atoms with Crippen molar-refractivity contribution in [3.05, 3.63) is 22.4 Å². The monoisotopic (exact) mass is 300 g/mol. The zero-order valence-electron chi connectivity index (χ0n) is 11.0. The predicted octanol–water partition coefficient (Wildman–Crippen LogP) is 3.34. The molecule has 4 heteroatoms. The van der Waals surface area contributed by atoms with Gasteiger partial charge in [-0.3, -0.25) is 4.79 Å². The lowest BCUT2D eigenvalue weighted by atomic mass is 9.95. The van der Waals surface area contributed by atoms with Gasteiger partial charge in [-0.25, -0.2) is 0 Å². The van der Waals surface area contributed by atoms with Crippen molar-refractivity contribution in [2.45, 2.75) is 39.7 Å². The normalized spacial score (nSPS) is 12.8. The molecule has 0 spiro atoms. The van der Waals surface area contributed by atoms with Gasteiger partial charge in [-0.1, -0.05) is 26.7 Å². The third-order valence-electron chi connectivity index (χ3n) is 3.32. The van der Waals surface area contributed by atoms with Crippen LogP contribution in [0.1, 0.15) is 44.1 Å². The fraction of sp³-hybridized carbons (Fsp3) is 0.615. The maximum absolute atomic E-state index is 12.1. The van der Waals surface area contributed by atoms with Crippen molar-refractivity contribution in [2.24, 2.45) is 13.0 Å². The number of halogens is 1. The Bertz CT molecular complexity index is 383. The highest BCUT2D eigenvalue weighted by Crippen LogP contribution is 2.16. The lowest BCUT2D eigenvalue weighted by Crippen LogP contribution is -2.38. The maximum Gasteiger partial charge on any atom is 0.268 e. The summed E-state index contributed by atoms with van der Waals surface area (Å²) in [4.78, 5) is 12.1. The summed E-state index contributed by atoms with van der Waals surface area (Å²) in [5.41, 5.74) is 0.690. The highest BCUT2D eigenvalue weighted by molar-refractivity contribution is 9.10. The molecule has 1 unspecified atom stereocenters. The molecular weight excluding hydrogens is 280 g/mol. The topological polar surface area (TPSA) is 34.0 Å². The van der Waals surface area contributed by atoms with E-state index in [1.165, 1.54) is 0 Å². The van der Waals surface area contributed by atoms with E-state index in [0.717, 1.165) is 17.3 Å². The van der Waals surface area contributed by atoms with Gasteiger partial charge in [0, 0.05) is 23.8 Å². The molecule has 0 aliphatic heterocycles. The van der Waals surface area contributed by atoms with Crippen LogP contribution in [-0.4, -0.2) is 16.5 Å². The number of carbonyl (C=O) groups excluding carboxylic acids is 1. The number of amides is 1. The standard InChI is InChI=1S/C13H21BrN2O/c1-5-10(6-2)9(3)15-13(17)12-7-11(14)8-16(12)4/h7-10H,5-6H2,1-4H3,(H,15,17). The van der Waals surface area contributed by atoms with Crippen LogP contribution in [0.3, 0.4) is 0 Å². The van der Waals surface area contributed by atoms with Gasteiger partial charge in [-0.05, 0) is 34.8 Å². The SMILES string of the molecule is CCC(CC)C(C)NC(=O)c1cc(Br)cn1C. The van der Waals surface area contributed by atoms with E-state index >= 15 is 0 Å². The van der Waals surface area contributed by atoms with Crippen molar-refractivity contribution in [3.63, 3.8) is 0 Å². The molecule has 1 aromatic heterocycles. The number of aryl methyl sites for hydroxylation is 1. The summed E-state index contributed by atoms with van der Waals surface area (Å²) in [7, 11) is 1.88. The van der Waals surface area contributed by atoms with E-state index in [1.54, 1.807) is 0 Å². The van der Waals surface area contributed by atoms with E-state index in [1.807, 2.05) is 23.9 Å². The van der Waals surface area contributed by atoms with Gasteiger partial charge in [0.1, 0.15) is 5.69 Å². The molecule has 0 saturated heterocycles. The third-order valence-corrected chi connectivity index (χ3v) is 3.75. The predicted molar refractivity (Wildman–Crippen MR) is 74.1 cm³/mol. The Kier molecular flexibility index (Phi) is 5.25. The molecule has 0 aliphatic rings. The summed E-state index contributed by atoms with van der Waals surface area (Å²) in [6.45, 7) is 6.40. The minimum absolute atomic E-state index is 0.00222. The molecule has 1 aromatic rings. The summed E-state index contributed by atoms with van der Waals surface area (Å²) < 4.78 is 2.76. The van der Waals surface area contributed by atoms with Gasteiger partial charge < -0.3 is 9.88 Å². The van der Waals surface area contributed by atoms with Crippen LogP contribution in [0.25, 0.3) is 0 Å². The molecule has 3 nitrogen and oxygen atoms in total. The summed E-state index contributed by atoms with van der Waals surface area (Å²) in [6, 6.07) is 2.06. The molecule has 0 aromatic carbocycles. The van der Waals surface area contributed by atoms with Gasteiger partial charge in [0.2, 0.25) is 0 Å². The van der Waals surface area contributed by atoms with Crippen molar-refractivity contribution >= 4 is 21.8 Å². The van der Waals surface area contributed by atoms with Crippen LogP contribution in [-0.2, 0) is 7.05 Å². The number of rotatable bonds is 5. The molecule has 0 bridgehead atoms. The van der Waals surface area contributed by atoms with Crippen molar-refractivity contribution < 1.29 is 4.79 Å². The van der Waals surface area contributed by atoms with E-state index in [4.69, 9.17) is 0 Å². The molecule has 1 amide bonds. The van der Waals surface area contributed by atoms with E-state index in [2.05, 4.69) is 42.0 Å². The molecule has 1 atom stereocenters. The molecular formula is C13H21BrN2O. The average Bonchev–Trinajstić information content (AvgIpc) is 2.59. The molecule has 0 radical (unpaired) electrons. The number of hydrogen-bond acceptors (Lipinski definition) is 1. The van der Waals surface area contributed by atoms with Crippen LogP contribution < -0.4 is 5.32 Å². The Hall–Kier alpha value is -0.770. The summed E-state index contributed by atoms with van der Waals surface area (Å²) in [6.07, 6.45) is 4.07. The van der Waals surface area contributed by atoms with Crippen LogP contribution in [0.15, 0.2) is 16.7 Å². The largest absolute Gasteiger partial charge is 0.348 e. The minimum atomic E-state index is -0.00222. The van der Waals surface area contributed by atoms with E-state index in [-0.39, 0.29) is 11.9 Å². The number of hydrogen-bond donors (Lipinski definition) is 1. The first-order chi connectivity index (χ1) is 7.99. The number of aromatic nitrogens is 1. The lowest BCUT2D eigenvalue weighted by molar-refractivity contribution is 0.0917. The van der Waals surface area contributed by atoms with Crippen molar-refractivity contribution in [2.75, 3.05) is 0 Å². The molecule has 0 saturated carbocycles. The Morgan fingerprint density at radius 1 is 1.47 bits per heavy atom. The highest BCUT2D eigenvalue weighted by atomic mass is 79.9. The first kappa shape index (κ1) is 14.3. The molecule has 1 rings (SSSR count).